The monoisotopic (exact) mass is 297 g/mol. The van der Waals surface area contributed by atoms with E-state index in [0.717, 1.165) is 19.3 Å². The van der Waals surface area contributed by atoms with Crippen LogP contribution in [0.3, 0.4) is 0 Å². The van der Waals surface area contributed by atoms with E-state index in [1.165, 1.54) is 39.2 Å². The summed E-state index contributed by atoms with van der Waals surface area (Å²) >= 11 is 0. The number of methoxy groups -OCH3 is 1. The van der Waals surface area contributed by atoms with E-state index in [4.69, 9.17) is 4.74 Å². The molecule has 1 aliphatic carbocycles. The Balaban J connectivity index is 2.74. The number of nitrogens with zero attached hydrogens (tertiary/aromatic N) is 1. The van der Waals surface area contributed by atoms with E-state index >= 15 is 0 Å². The van der Waals surface area contributed by atoms with E-state index in [9.17, 15) is 9.59 Å². The highest BCUT2D eigenvalue weighted by Gasteiger charge is 2.27. The number of carbonyl (C=O) groups excluding carboxylic acids is 2. The molecule has 0 aromatic heterocycles. The van der Waals surface area contributed by atoms with E-state index in [1.807, 2.05) is 18.7 Å². The lowest BCUT2D eigenvalue weighted by Gasteiger charge is -2.34. The molecule has 0 spiro atoms. The maximum Gasteiger partial charge on any atom is 0.310 e. The van der Waals surface area contributed by atoms with Crippen molar-refractivity contribution in [1.29, 1.82) is 0 Å². The molecule has 1 aliphatic rings. The Kier molecular flexibility index (Phi) is 8.40. The van der Waals surface area contributed by atoms with Crippen LogP contribution in [0.15, 0.2) is 0 Å². The molecule has 122 valence electrons. The highest BCUT2D eigenvalue weighted by molar-refractivity contribution is 5.78. The second-order valence-corrected chi connectivity index (χ2v) is 6.22. The summed E-state index contributed by atoms with van der Waals surface area (Å²) in [5, 5.41) is 0. The first kappa shape index (κ1) is 18.0. The first-order valence-corrected chi connectivity index (χ1v) is 8.47. The molecule has 0 bridgehead atoms. The Morgan fingerprint density at radius 2 is 1.71 bits per heavy atom. The molecule has 0 aromatic carbocycles. The molecule has 0 N–H and O–H groups in total. The van der Waals surface area contributed by atoms with Gasteiger partial charge in [0.2, 0.25) is 5.91 Å². The van der Waals surface area contributed by atoms with Gasteiger partial charge in [-0.15, -0.1) is 0 Å². The molecule has 0 heterocycles. The van der Waals surface area contributed by atoms with Gasteiger partial charge in [0.1, 0.15) is 0 Å². The predicted molar refractivity (Wildman–Crippen MR) is 83.9 cm³/mol. The third kappa shape index (κ3) is 6.06. The van der Waals surface area contributed by atoms with Crippen LogP contribution in [0.4, 0.5) is 0 Å². The van der Waals surface area contributed by atoms with Crippen molar-refractivity contribution >= 4 is 11.9 Å². The molecule has 0 aliphatic heterocycles. The van der Waals surface area contributed by atoms with Crippen LogP contribution in [-0.4, -0.2) is 36.5 Å². The summed E-state index contributed by atoms with van der Waals surface area (Å²) in [4.78, 5) is 26.1. The van der Waals surface area contributed by atoms with Crippen molar-refractivity contribution in [3.05, 3.63) is 0 Å². The van der Waals surface area contributed by atoms with Crippen LogP contribution >= 0.6 is 0 Å². The van der Waals surface area contributed by atoms with Crippen LogP contribution in [0.2, 0.25) is 0 Å². The number of rotatable bonds is 6. The Hall–Kier alpha value is -1.06. The summed E-state index contributed by atoms with van der Waals surface area (Å²) in [6, 6.07) is 0.302. The molecule has 0 saturated heterocycles. The fourth-order valence-corrected chi connectivity index (χ4v) is 3.13. The summed E-state index contributed by atoms with van der Waals surface area (Å²) in [5.74, 6) is -0.282. The van der Waals surface area contributed by atoms with E-state index in [1.54, 1.807) is 0 Å². The Morgan fingerprint density at radius 3 is 2.24 bits per heavy atom. The Bertz CT molecular complexity index is 322. The molecule has 4 nitrogen and oxygen atoms in total. The lowest BCUT2D eigenvalue weighted by molar-refractivity contribution is -0.147. The van der Waals surface area contributed by atoms with Crippen LogP contribution in [0, 0.1) is 5.92 Å². The molecule has 1 fully saturated rings. The van der Waals surface area contributed by atoms with Crippen molar-refractivity contribution < 1.29 is 14.3 Å². The minimum atomic E-state index is -0.249. The Labute approximate surface area is 129 Å². The van der Waals surface area contributed by atoms with Gasteiger partial charge in [0.05, 0.1) is 13.0 Å². The average Bonchev–Trinajstić information content (AvgIpc) is 2.44. The smallest absolute Gasteiger partial charge is 0.310 e. The van der Waals surface area contributed by atoms with Gasteiger partial charge >= 0.3 is 5.97 Å². The number of carbonyl (C=O) groups is 2. The van der Waals surface area contributed by atoms with Gasteiger partial charge in [-0.25, -0.2) is 0 Å². The van der Waals surface area contributed by atoms with Crippen LogP contribution in [-0.2, 0) is 14.3 Å². The minimum Gasteiger partial charge on any atom is -0.469 e. The molecule has 1 atom stereocenters. The van der Waals surface area contributed by atoms with Gasteiger partial charge < -0.3 is 9.64 Å². The molecule has 0 aromatic rings. The van der Waals surface area contributed by atoms with Gasteiger partial charge in [-0.3, -0.25) is 9.59 Å². The lowest BCUT2D eigenvalue weighted by atomic mass is 9.94. The molecule has 1 saturated carbocycles. The number of amides is 1. The van der Waals surface area contributed by atoms with Crippen LogP contribution in [0.5, 0.6) is 0 Å². The maximum atomic E-state index is 12.5. The van der Waals surface area contributed by atoms with Crippen molar-refractivity contribution in [3.63, 3.8) is 0 Å². The molecule has 1 rings (SSSR count). The summed E-state index contributed by atoms with van der Waals surface area (Å²) in [6.45, 7) is 4.37. The third-order valence-corrected chi connectivity index (χ3v) is 4.37. The summed E-state index contributed by atoms with van der Waals surface area (Å²) in [7, 11) is 1.41. The van der Waals surface area contributed by atoms with Gasteiger partial charge in [-0.05, 0) is 19.3 Å². The first-order valence-electron chi connectivity index (χ1n) is 8.47. The van der Waals surface area contributed by atoms with Gasteiger partial charge in [-0.2, -0.15) is 0 Å². The molecular weight excluding hydrogens is 266 g/mol. The molecule has 21 heavy (non-hydrogen) atoms. The van der Waals surface area contributed by atoms with Gasteiger partial charge in [0, 0.05) is 19.0 Å². The van der Waals surface area contributed by atoms with Gasteiger partial charge in [0.25, 0.3) is 0 Å². The number of hydrogen-bond acceptors (Lipinski definition) is 3. The summed E-state index contributed by atoms with van der Waals surface area (Å²) in [6.07, 6.45) is 9.79. The molecular formula is C17H31NO3. The largest absolute Gasteiger partial charge is 0.469 e. The quantitative estimate of drug-likeness (QED) is 0.705. The zero-order chi connectivity index (χ0) is 15.7. The molecule has 0 radical (unpaired) electrons. The fourth-order valence-electron chi connectivity index (χ4n) is 3.13. The number of esters is 1. The third-order valence-electron chi connectivity index (χ3n) is 4.37. The second-order valence-electron chi connectivity index (χ2n) is 6.22. The molecule has 4 heteroatoms. The summed E-state index contributed by atoms with van der Waals surface area (Å²) in [5.41, 5.74) is 0. The minimum absolute atomic E-state index is 0.193. The van der Waals surface area contributed by atoms with E-state index in [-0.39, 0.29) is 17.8 Å². The average molecular weight is 297 g/mol. The van der Waals surface area contributed by atoms with Crippen molar-refractivity contribution in [2.75, 3.05) is 13.7 Å². The second kappa shape index (κ2) is 9.80. The number of hydrogen-bond donors (Lipinski definition) is 0. The summed E-state index contributed by atoms with van der Waals surface area (Å²) < 4.78 is 4.81. The van der Waals surface area contributed by atoms with Crippen LogP contribution in [0.25, 0.3) is 0 Å². The van der Waals surface area contributed by atoms with E-state index < -0.39 is 0 Å². The lowest BCUT2D eigenvalue weighted by Crippen LogP contribution is -2.44. The molecule has 1 amide bonds. The standard InChI is InChI=1S/C17H31NO3/c1-4-10-16(19)18(13-14(2)17(20)21-3)15-11-8-6-5-7-9-12-15/h14-15H,4-13H2,1-3H3. The highest BCUT2D eigenvalue weighted by Crippen LogP contribution is 2.23. The van der Waals surface area contributed by atoms with Crippen LogP contribution in [0.1, 0.15) is 71.6 Å². The van der Waals surface area contributed by atoms with E-state index in [2.05, 4.69) is 0 Å². The number of ether oxygens (including phenoxy) is 1. The van der Waals surface area contributed by atoms with Crippen molar-refractivity contribution in [2.45, 2.75) is 77.7 Å². The fraction of sp³-hybridized carbons (Fsp3) is 0.882. The van der Waals surface area contributed by atoms with Crippen LogP contribution < -0.4 is 0 Å². The van der Waals surface area contributed by atoms with Crippen molar-refractivity contribution in [2.24, 2.45) is 5.92 Å². The highest BCUT2D eigenvalue weighted by atomic mass is 16.5. The predicted octanol–water partition coefficient (Wildman–Crippen LogP) is 3.54. The molecule has 1 unspecified atom stereocenters. The Morgan fingerprint density at radius 1 is 1.14 bits per heavy atom. The first-order chi connectivity index (χ1) is 10.1. The topological polar surface area (TPSA) is 46.6 Å². The zero-order valence-corrected chi connectivity index (χ0v) is 13.9. The normalized spacial score (nSPS) is 18.4. The van der Waals surface area contributed by atoms with Gasteiger partial charge in [0.15, 0.2) is 0 Å². The maximum absolute atomic E-state index is 12.5. The van der Waals surface area contributed by atoms with Crippen molar-refractivity contribution in [3.8, 4) is 0 Å². The van der Waals surface area contributed by atoms with Crippen molar-refractivity contribution in [1.82, 2.24) is 4.90 Å². The van der Waals surface area contributed by atoms with E-state index in [0.29, 0.717) is 19.0 Å². The van der Waals surface area contributed by atoms with Gasteiger partial charge in [-0.1, -0.05) is 46.0 Å². The zero-order valence-electron chi connectivity index (χ0n) is 13.9. The SMILES string of the molecule is CCCC(=O)N(CC(C)C(=O)OC)C1CCCCCCC1.